The molecule has 31 heavy (non-hydrogen) atoms. The Labute approximate surface area is 186 Å². The molecule has 6 heteroatoms. The second kappa shape index (κ2) is 10.1. The number of carbonyl (C=O) groups is 1. The van der Waals surface area contributed by atoms with Gasteiger partial charge >= 0.3 is 5.97 Å². The molecule has 0 fully saturated rings. The van der Waals surface area contributed by atoms with Gasteiger partial charge in [-0.2, -0.15) is 0 Å². The third kappa shape index (κ3) is 5.03. The second-order valence-corrected chi connectivity index (χ2v) is 7.77. The lowest BCUT2D eigenvalue weighted by Crippen LogP contribution is -2.15. The van der Waals surface area contributed by atoms with Crippen molar-refractivity contribution in [2.45, 2.75) is 24.4 Å². The van der Waals surface area contributed by atoms with Gasteiger partial charge in [0.2, 0.25) is 0 Å². The van der Waals surface area contributed by atoms with Crippen LogP contribution in [0, 0.1) is 0 Å². The van der Waals surface area contributed by atoms with Crippen LogP contribution >= 0.6 is 11.8 Å². The van der Waals surface area contributed by atoms with Gasteiger partial charge in [-0.05, 0) is 19.1 Å². The Kier molecular flexibility index (Phi) is 6.79. The van der Waals surface area contributed by atoms with Crippen molar-refractivity contribution < 1.29 is 9.53 Å². The zero-order valence-electron chi connectivity index (χ0n) is 17.3. The molecule has 0 radical (unpaired) electrons. The molecular formula is C25H23N3O2S. The van der Waals surface area contributed by atoms with Gasteiger partial charge < -0.3 is 9.30 Å². The second-order valence-electron chi connectivity index (χ2n) is 6.82. The van der Waals surface area contributed by atoms with E-state index in [0.717, 1.165) is 33.4 Å². The number of hydrogen-bond donors (Lipinski definition) is 0. The third-order valence-corrected chi connectivity index (χ3v) is 5.70. The Morgan fingerprint density at radius 1 is 0.935 bits per heavy atom. The van der Waals surface area contributed by atoms with Crippen molar-refractivity contribution in [1.82, 2.24) is 14.5 Å². The highest BCUT2D eigenvalue weighted by Crippen LogP contribution is 2.36. The lowest BCUT2D eigenvalue weighted by atomic mass is 10.0. The monoisotopic (exact) mass is 429 g/mol. The Morgan fingerprint density at radius 3 is 2.26 bits per heavy atom. The molecule has 0 amide bonds. The van der Waals surface area contributed by atoms with Gasteiger partial charge in [0.1, 0.15) is 6.54 Å². The lowest BCUT2D eigenvalue weighted by Gasteiger charge is -2.12. The first kappa shape index (κ1) is 20.9. The molecule has 0 saturated heterocycles. The van der Waals surface area contributed by atoms with E-state index in [1.807, 2.05) is 90.4 Å². The molecule has 156 valence electrons. The van der Waals surface area contributed by atoms with Crippen molar-refractivity contribution in [1.29, 1.82) is 0 Å². The van der Waals surface area contributed by atoms with Gasteiger partial charge in [0.25, 0.3) is 0 Å². The van der Waals surface area contributed by atoms with E-state index in [9.17, 15) is 4.79 Å². The number of rotatable bonds is 8. The summed E-state index contributed by atoms with van der Waals surface area (Å²) in [6.45, 7) is 2.26. The van der Waals surface area contributed by atoms with E-state index in [2.05, 4.69) is 4.98 Å². The highest BCUT2D eigenvalue weighted by molar-refractivity contribution is 7.98. The average Bonchev–Trinajstić information content (AvgIpc) is 3.17. The Balaban J connectivity index is 1.82. The molecule has 4 rings (SSSR count). The van der Waals surface area contributed by atoms with Crippen LogP contribution in [0.15, 0.2) is 90.2 Å². The molecule has 0 unspecified atom stereocenters. The van der Waals surface area contributed by atoms with E-state index in [0.29, 0.717) is 12.4 Å². The minimum atomic E-state index is -0.281. The number of esters is 1. The van der Waals surface area contributed by atoms with Crippen LogP contribution in [0.25, 0.3) is 22.5 Å². The molecular weight excluding hydrogens is 406 g/mol. The zero-order chi connectivity index (χ0) is 21.5. The topological polar surface area (TPSA) is 57.0 Å². The average molecular weight is 430 g/mol. The Hall–Kier alpha value is -3.38. The van der Waals surface area contributed by atoms with E-state index in [1.54, 1.807) is 18.0 Å². The van der Waals surface area contributed by atoms with Gasteiger partial charge in [0.05, 0.1) is 23.7 Å². The maximum absolute atomic E-state index is 12.5. The number of benzene rings is 2. The number of hydrogen-bond acceptors (Lipinski definition) is 5. The molecule has 0 atom stereocenters. The summed E-state index contributed by atoms with van der Waals surface area (Å²) in [4.78, 5) is 21.9. The highest BCUT2D eigenvalue weighted by atomic mass is 32.2. The molecule has 4 aromatic rings. The van der Waals surface area contributed by atoms with Crippen molar-refractivity contribution in [2.24, 2.45) is 0 Å². The fraction of sp³-hybridized carbons (Fsp3) is 0.160. The van der Waals surface area contributed by atoms with E-state index in [4.69, 9.17) is 9.72 Å². The Bertz CT molecular complexity index is 1130. The summed E-state index contributed by atoms with van der Waals surface area (Å²) >= 11 is 1.57. The maximum Gasteiger partial charge on any atom is 0.326 e. The molecule has 2 heterocycles. The van der Waals surface area contributed by atoms with E-state index in [-0.39, 0.29) is 12.5 Å². The summed E-state index contributed by atoms with van der Waals surface area (Å²) in [6, 6.07) is 26.0. The van der Waals surface area contributed by atoms with Crippen LogP contribution < -0.4 is 0 Å². The SMILES string of the molecule is CCOC(=O)Cn1c(SCc2ccccn2)nc(-c2ccccc2)c1-c1ccccc1. The van der Waals surface area contributed by atoms with E-state index < -0.39 is 0 Å². The summed E-state index contributed by atoms with van der Waals surface area (Å²) in [6.07, 6.45) is 1.78. The van der Waals surface area contributed by atoms with Crippen LogP contribution in [-0.4, -0.2) is 27.1 Å². The maximum atomic E-state index is 12.5. The van der Waals surface area contributed by atoms with Crippen molar-refractivity contribution in [3.05, 3.63) is 90.8 Å². The zero-order valence-corrected chi connectivity index (χ0v) is 18.1. The van der Waals surface area contributed by atoms with Gasteiger partial charge in [0.15, 0.2) is 5.16 Å². The van der Waals surface area contributed by atoms with Crippen LogP contribution in [-0.2, 0) is 21.8 Å². The first-order chi connectivity index (χ1) is 15.3. The van der Waals surface area contributed by atoms with Gasteiger partial charge in [-0.1, -0.05) is 78.5 Å². The number of aromatic nitrogens is 3. The van der Waals surface area contributed by atoms with Gasteiger partial charge in [-0.15, -0.1) is 0 Å². The quantitative estimate of drug-likeness (QED) is 0.275. The van der Waals surface area contributed by atoms with Crippen molar-refractivity contribution in [3.8, 4) is 22.5 Å². The lowest BCUT2D eigenvalue weighted by molar-refractivity contribution is -0.143. The summed E-state index contributed by atoms with van der Waals surface area (Å²) in [5.41, 5.74) is 4.72. The molecule has 5 nitrogen and oxygen atoms in total. The number of nitrogens with zero attached hydrogens (tertiary/aromatic N) is 3. The third-order valence-electron chi connectivity index (χ3n) is 4.69. The summed E-state index contributed by atoms with van der Waals surface area (Å²) in [5, 5.41) is 0.761. The van der Waals surface area contributed by atoms with Crippen molar-refractivity contribution in [2.75, 3.05) is 6.61 Å². The Morgan fingerprint density at radius 2 is 1.61 bits per heavy atom. The van der Waals surface area contributed by atoms with Gasteiger partial charge in [-0.3, -0.25) is 9.78 Å². The molecule has 0 aliphatic carbocycles. The molecule has 0 saturated carbocycles. The van der Waals surface area contributed by atoms with Crippen molar-refractivity contribution >= 4 is 17.7 Å². The molecule has 0 aliphatic heterocycles. The first-order valence-corrected chi connectivity index (χ1v) is 11.1. The molecule has 0 aliphatic rings. The molecule has 0 bridgehead atoms. The number of thioether (sulfide) groups is 1. The van der Waals surface area contributed by atoms with Crippen molar-refractivity contribution in [3.63, 3.8) is 0 Å². The van der Waals surface area contributed by atoms with Gasteiger partial charge in [0, 0.05) is 23.1 Å². The normalized spacial score (nSPS) is 10.7. The summed E-state index contributed by atoms with van der Waals surface area (Å²) in [5.74, 6) is 0.375. The van der Waals surface area contributed by atoms with E-state index >= 15 is 0 Å². The molecule has 0 spiro atoms. The summed E-state index contributed by atoms with van der Waals surface area (Å²) < 4.78 is 7.22. The fourth-order valence-corrected chi connectivity index (χ4v) is 4.25. The van der Waals surface area contributed by atoms with Crippen LogP contribution in [0.2, 0.25) is 0 Å². The molecule has 2 aromatic heterocycles. The van der Waals surface area contributed by atoms with Crippen LogP contribution in [0.5, 0.6) is 0 Å². The van der Waals surface area contributed by atoms with E-state index in [1.165, 1.54) is 0 Å². The smallest absolute Gasteiger partial charge is 0.326 e. The van der Waals surface area contributed by atoms with Gasteiger partial charge in [-0.25, -0.2) is 4.98 Å². The minimum Gasteiger partial charge on any atom is -0.465 e. The largest absolute Gasteiger partial charge is 0.465 e. The van der Waals surface area contributed by atoms with Crippen LogP contribution in [0.3, 0.4) is 0 Å². The van der Waals surface area contributed by atoms with Crippen LogP contribution in [0.4, 0.5) is 0 Å². The molecule has 2 aromatic carbocycles. The predicted octanol–water partition coefficient (Wildman–Crippen LogP) is 5.47. The highest BCUT2D eigenvalue weighted by Gasteiger charge is 2.22. The fourth-order valence-electron chi connectivity index (χ4n) is 3.33. The number of pyridine rings is 1. The predicted molar refractivity (Wildman–Crippen MR) is 124 cm³/mol. The number of imidazole rings is 1. The van der Waals surface area contributed by atoms with Crippen LogP contribution in [0.1, 0.15) is 12.6 Å². The number of carbonyl (C=O) groups excluding carboxylic acids is 1. The minimum absolute atomic E-state index is 0.0997. The molecule has 0 N–H and O–H groups in total. The standard InChI is InChI=1S/C25H23N3O2S/c1-2-30-22(29)17-28-24(20-13-7-4-8-14-20)23(19-11-5-3-6-12-19)27-25(28)31-18-21-15-9-10-16-26-21/h3-16H,2,17-18H2,1H3. The first-order valence-electron chi connectivity index (χ1n) is 10.2. The number of ether oxygens (including phenoxy) is 1. The summed E-state index contributed by atoms with van der Waals surface area (Å²) in [7, 11) is 0.